The predicted octanol–water partition coefficient (Wildman–Crippen LogP) is 1.97. The Morgan fingerprint density at radius 3 is 2.59 bits per heavy atom. The van der Waals surface area contributed by atoms with Crippen molar-refractivity contribution in [2.75, 3.05) is 45.9 Å². The van der Waals surface area contributed by atoms with Gasteiger partial charge in [0.05, 0.1) is 19.1 Å². The van der Waals surface area contributed by atoms with Gasteiger partial charge in [-0.05, 0) is 31.4 Å². The summed E-state index contributed by atoms with van der Waals surface area (Å²) in [5, 5.41) is 0. The molecule has 1 aromatic rings. The molecule has 3 rings (SSSR count). The minimum atomic E-state index is 0.0437. The van der Waals surface area contributed by atoms with Crippen molar-refractivity contribution in [1.82, 2.24) is 9.80 Å². The second-order valence-corrected chi connectivity index (χ2v) is 6.27. The largest absolute Gasteiger partial charge is 0.379 e. The molecular formula is C18H26N2O2. The lowest BCUT2D eigenvalue weighted by Crippen LogP contribution is -2.37. The minimum absolute atomic E-state index is 0.0437. The van der Waals surface area contributed by atoms with E-state index >= 15 is 0 Å². The van der Waals surface area contributed by atoms with E-state index in [-0.39, 0.29) is 5.92 Å². The van der Waals surface area contributed by atoms with Crippen LogP contribution < -0.4 is 0 Å². The molecule has 22 heavy (non-hydrogen) atoms. The van der Waals surface area contributed by atoms with Crippen molar-refractivity contribution in [3.8, 4) is 0 Å². The zero-order valence-corrected chi connectivity index (χ0v) is 13.4. The third kappa shape index (κ3) is 3.33. The molecule has 0 radical (unpaired) electrons. The molecule has 1 amide bonds. The van der Waals surface area contributed by atoms with E-state index in [4.69, 9.17) is 4.74 Å². The quantitative estimate of drug-likeness (QED) is 0.834. The van der Waals surface area contributed by atoms with E-state index < -0.39 is 0 Å². The van der Waals surface area contributed by atoms with Crippen LogP contribution in [0.1, 0.15) is 24.8 Å². The van der Waals surface area contributed by atoms with Crippen molar-refractivity contribution in [3.05, 3.63) is 35.9 Å². The molecule has 2 aliphatic rings. The van der Waals surface area contributed by atoms with Crippen molar-refractivity contribution in [2.24, 2.45) is 5.92 Å². The van der Waals surface area contributed by atoms with Crippen LogP contribution in [-0.4, -0.2) is 61.6 Å². The number of carbonyl (C=O) groups excluding carboxylic acids is 1. The van der Waals surface area contributed by atoms with Gasteiger partial charge in [-0.3, -0.25) is 9.69 Å². The van der Waals surface area contributed by atoms with Crippen LogP contribution in [0.3, 0.4) is 0 Å². The standard InChI is InChI=1S/C18H26N2O2/c1-2-20-14-16(8-9-19-10-12-22-13-11-19)17(18(20)21)15-6-4-3-5-7-15/h3-7,16-17H,2,8-14H2,1H3. The fraction of sp³-hybridized carbons (Fsp3) is 0.611. The summed E-state index contributed by atoms with van der Waals surface area (Å²) in [5.74, 6) is 0.778. The van der Waals surface area contributed by atoms with Gasteiger partial charge in [0, 0.05) is 26.2 Å². The molecule has 2 atom stereocenters. The lowest BCUT2D eigenvalue weighted by atomic mass is 9.86. The van der Waals surface area contributed by atoms with Gasteiger partial charge in [0.2, 0.25) is 5.91 Å². The van der Waals surface area contributed by atoms with Gasteiger partial charge in [-0.15, -0.1) is 0 Å². The number of nitrogens with zero attached hydrogens (tertiary/aromatic N) is 2. The summed E-state index contributed by atoms with van der Waals surface area (Å²) in [7, 11) is 0. The Balaban J connectivity index is 1.68. The molecule has 0 spiro atoms. The highest BCUT2D eigenvalue weighted by Gasteiger charge is 2.40. The summed E-state index contributed by atoms with van der Waals surface area (Å²) in [6.45, 7) is 8.59. The van der Waals surface area contributed by atoms with Crippen LogP contribution in [0.5, 0.6) is 0 Å². The molecule has 2 heterocycles. The van der Waals surface area contributed by atoms with Crippen LogP contribution in [0.25, 0.3) is 0 Å². The highest BCUT2D eigenvalue weighted by atomic mass is 16.5. The van der Waals surface area contributed by atoms with Crippen molar-refractivity contribution >= 4 is 5.91 Å². The smallest absolute Gasteiger partial charge is 0.230 e. The van der Waals surface area contributed by atoms with Gasteiger partial charge in [0.25, 0.3) is 0 Å². The predicted molar refractivity (Wildman–Crippen MR) is 86.8 cm³/mol. The van der Waals surface area contributed by atoms with E-state index in [2.05, 4.69) is 24.0 Å². The molecular weight excluding hydrogens is 276 g/mol. The third-order valence-corrected chi connectivity index (χ3v) is 4.96. The van der Waals surface area contributed by atoms with Crippen LogP contribution in [0.2, 0.25) is 0 Å². The molecule has 0 saturated carbocycles. The number of morpholine rings is 1. The summed E-state index contributed by atoms with van der Waals surface area (Å²) in [6, 6.07) is 10.3. The fourth-order valence-corrected chi connectivity index (χ4v) is 3.67. The first-order valence-electron chi connectivity index (χ1n) is 8.43. The molecule has 0 N–H and O–H groups in total. The van der Waals surface area contributed by atoms with Gasteiger partial charge < -0.3 is 9.64 Å². The molecule has 4 nitrogen and oxygen atoms in total. The molecule has 2 fully saturated rings. The number of rotatable bonds is 5. The van der Waals surface area contributed by atoms with E-state index in [1.807, 2.05) is 23.1 Å². The van der Waals surface area contributed by atoms with Crippen LogP contribution in [0.15, 0.2) is 30.3 Å². The summed E-state index contributed by atoms with van der Waals surface area (Å²) in [5.41, 5.74) is 1.18. The van der Waals surface area contributed by atoms with E-state index in [1.165, 1.54) is 5.56 Å². The molecule has 0 aliphatic carbocycles. The first kappa shape index (κ1) is 15.5. The number of likely N-dealkylation sites (tertiary alicyclic amines) is 1. The average Bonchev–Trinajstić information content (AvgIpc) is 2.90. The second kappa shape index (κ2) is 7.25. The average molecular weight is 302 g/mol. The Morgan fingerprint density at radius 1 is 1.18 bits per heavy atom. The van der Waals surface area contributed by atoms with Gasteiger partial charge >= 0.3 is 0 Å². The Kier molecular flexibility index (Phi) is 5.11. The molecule has 2 aliphatic heterocycles. The Hall–Kier alpha value is -1.39. The number of likely N-dealkylation sites (N-methyl/N-ethyl adjacent to an activating group) is 1. The van der Waals surface area contributed by atoms with E-state index in [1.54, 1.807) is 0 Å². The van der Waals surface area contributed by atoms with E-state index in [0.29, 0.717) is 11.8 Å². The van der Waals surface area contributed by atoms with Crippen molar-refractivity contribution in [2.45, 2.75) is 19.3 Å². The Morgan fingerprint density at radius 2 is 1.91 bits per heavy atom. The summed E-state index contributed by atoms with van der Waals surface area (Å²) in [4.78, 5) is 17.2. The molecule has 2 saturated heterocycles. The molecule has 4 heteroatoms. The summed E-state index contributed by atoms with van der Waals surface area (Å²) in [6.07, 6.45) is 1.09. The number of ether oxygens (including phenoxy) is 1. The molecule has 2 unspecified atom stereocenters. The maximum absolute atomic E-state index is 12.7. The normalized spacial score (nSPS) is 26.6. The van der Waals surface area contributed by atoms with E-state index in [9.17, 15) is 4.79 Å². The van der Waals surface area contributed by atoms with Gasteiger partial charge in [0.15, 0.2) is 0 Å². The highest BCUT2D eigenvalue weighted by Crippen LogP contribution is 2.35. The molecule has 0 aromatic heterocycles. The Labute approximate surface area is 133 Å². The zero-order valence-electron chi connectivity index (χ0n) is 13.4. The van der Waals surface area contributed by atoms with Gasteiger partial charge in [0.1, 0.15) is 0 Å². The van der Waals surface area contributed by atoms with Crippen LogP contribution in [-0.2, 0) is 9.53 Å². The third-order valence-electron chi connectivity index (χ3n) is 4.96. The van der Waals surface area contributed by atoms with Gasteiger partial charge in [-0.2, -0.15) is 0 Å². The van der Waals surface area contributed by atoms with E-state index in [0.717, 1.165) is 52.4 Å². The maximum atomic E-state index is 12.7. The highest BCUT2D eigenvalue weighted by molar-refractivity contribution is 5.86. The maximum Gasteiger partial charge on any atom is 0.230 e. The number of hydrogen-bond acceptors (Lipinski definition) is 3. The van der Waals surface area contributed by atoms with Crippen molar-refractivity contribution < 1.29 is 9.53 Å². The first-order valence-corrected chi connectivity index (χ1v) is 8.43. The topological polar surface area (TPSA) is 32.8 Å². The molecule has 120 valence electrons. The first-order chi connectivity index (χ1) is 10.8. The molecule has 0 bridgehead atoms. The lowest BCUT2D eigenvalue weighted by Gasteiger charge is -2.28. The number of carbonyl (C=O) groups is 1. The summed E-state index contributed by atoms with van der Waals surface area (Å²) < 4.78 is 5.41. The van der Waals surface area contributed by atoms with Crippen LogP contribution in [0, 0.1) is 5.92 Å². The number of amides is 1. The van der Waals surface area contributed by atoms with Gasteiger partial charge in [-0.1, -0.05) is 30.3 Å². The second-order valence-electron chi connectivity index (χ2n) is 6.27. The fourth-order valence-electron chi connectivity index (χ4n) is 3.67. The summed E-state index contributed by atoms with van der Waals surface area (Å²) >= 11 is 0. The van der Waals surface area contributed by atoms with Crippen LogP contribution >= 0.6 is 0 Å². The Bertz CT molecular complexity index is 485. The zero-order chi connectivity index (χ0) is 15.4. The number of benzene rings is 1. The lowest BCUT2D eigenvalue weighted by molar-refractivity contribution is -0.128. The number of hydrogen-bond donors (Lipinski definition) is 0. The minimum Gasteiger partial charge on any atom is -0.379 e. The monoisotopic (exact) mass is 302 g/mol. The SMILES string of the molecule is CCN1CC(CCN2CCOCC2)C(c2ccccc2)C1=O. The molecule has 1 aromatic carbocycles. The van der Waals surface area contributed by atoms with Crippen LogP contribution in [0.4, 0.5) is 0 Å². The van der Waals surface area contributed by atoms with Crippen molar-refractivity contribution in [1.29, 1.82) is 0 Å². The van der Waals surface area contributed by atoms with Crippen molar-refractivity contribution in [3.63, 3.8) is 0 Å². The van der Waals surface area contributed by atoms with Gasteiger partial charge in [-0.25, -0.2) is 0 Å².